The Kier molecular flexibility index (Phi) is 5.54. The third kappa shape index (κ3) is 4.04. The van der Waals surface area contributed by atoms with Crippen LogP contribution >= 0.6 is 0 Å². The van der Waals surface area contributed by atoms with Gasteiger partial charge in [0.1, 0.15) is 12.4 Å². The molecule has 4 heteroatoms. The highest BCUT2D eigenvalue weighted by Crippen LogP contribution is 2.22. The van der Waals surface area contributed by atoms with E-state index in [1.807, 2.05) is 0 Å². The van der Waals surface area contributed by atoms with Gasteiger partial charge < -0.3 is 10.2 Å². The minimum Gasteiger partial charge on any atom is -0.396 e. The molecule has 1 aliphatic rings. The molecule has 1 aromatic carbocycles. The summed E-state index contributed by atoms with van der Waals surface area (Å²) in [5.41, 5.74) is 1.25. The molecule has 0 bridgehead atoms. The Labute approximate surface area is 119 Å². The van der Waals surface area contributed by atoms with Gasteiger partial charge in [-0.2, -0.15) is 0 Å². The van der Waals surface area contributed by atoms with Crippen LogP contribution in [0.1, 0.15) is 24.0 Å². The lowest BCUT2D eigenvalue weighted by Gasteiger charge is -2.16. The van der Waals surface area contributed by atoms with Gasteiger partial charge in [0.25, 0.3) is 0 Å². The molecule has 0 amide bonds. The summed E-state index contributed by atoms with van der Waals surface area (Å²) >= 11 is 0. The smallest absolute Gasteiger partial charge is 0.128 e. The maximum absolute atomic E-state index is 14.0. The first-order valence-corrected chi connectivity index (χ1v) is 6.94. The number of benzene rings is 1. The largest absolute Gasteiger partial charge is 0.396 e. The maximum atomic E-state index is 14.0. The number of hydrogen-bond donors (Lipinski definition) is 2. The van der Waals surface area contributed by atoms with Gasteiger partial charge in [-0.1, -0.05) is 17.9 Å². The molecule has 0 saturated carbocycles. The minimum absolute atomic E-state index is 0.219. The van der Waals surface area contributed by atoms with Crippen LogP contribution in [0.15, 0.2) is 18.2 Å². The van der Waals surface area contributed by atoms with Gasteiger partial charge in [0, 0.05) is 30.8 Å². The number of halogens is 1. The first-order chi connectivity index (χ1) is 9.72. The van der Waals surface area contributed by atoms with Crippen molar-refractivity contribution in [2.45, 2.75) is 19.4 Å². The van der Waals surface area contributed by atoms with Crippen LogP contribution in [-0.4, -0.2) is 41.4 Å². The van der Waals surface area contributed by atoms with E-state index in [-0.39, 0.29) is 19.0 Å². The van der Waals surface area contributed by atoms with E-state index in [1.54, 1.807) is 12.1 Å². The normalized spacial score (nSPS) is 18.9. The first kappa shape index (κ1) is 15.0. The molecule has 2 rings (SSSR count). The molecule has 1 fully saturated rings. The maximum Gasteiger partial charge on any atom is 0.128 e. The van der Waals surface area contributed by atoms with Gasteiger partial charge in [-0.25, -0.2) is 4.39 Å². The van der Waals surface area contributed by atoms with E-state index >= 15 is 0 Å². The summed E-state index contributed by atoms with van der Waals surface area (Å²) in [6, 6.07) is 4.96. The van der Waals surface area contributed by atoms with E-state index < -0.39 is 0 Å². The Balaban J connectivity index is 1.97. The molecule has 1 unspecified atom stereocenters. The predicted octanol–water partition coefficient (Wildman–Crippen LogP) is 1.37. The van der Waals surface area contributed by atoms with Crippen LogP contribution in [-0.2, 0) is 6.54 Å². The van der Waals surface area contributed by atoms with E-state index in [1.165, 1.54) is 6.07 Å². The minimum atomic E-state index is -0.250. The molecule has 0 aromatic heterocycles. The van der Waals surface area contributed by atoms with E-state index in [0.717, 1.165) is 25.9 Å². The number of nitrogens with zero attached hydrogens (tertiary/aromatic N) is 1. The van der Waals surface area contributed by atoms with E-state index in [4.69, 9.17) is 10.2 Å². The molecule has 3 nitrogen and oxygen atoms in total. The fourth-order valence-electron chi connectivity index (χ4n) is 2.61. The Bertz CT molecular complexity index is 507. The highest BCUT2D eigenvalue weighted by molar-refractivity contribution is 5.37. The quantitative estimate of drug-likeness (QED) is 0.817. The number of rotatable bonds is 4. The third-order valence-corrected chi connectivity index (χ3v) is 3.67. The second kappa shape index (κ2) is 7.39. The van der Waals surface area contributed by atoms with Gasteiger partial charge in [0.15, 0.2) is 0 Å². The standard InChI is InChI=1S/C16H20FNO2/c17-16-10-13(2-1-8-19)3-4-15(16)12-18-7-5-14(11-18)6-9-20/h3-4,10,14,19-20H,5-9,11-12H2. The SMILES string of the molecule is OCC#Cc1ccc(CN2CCC(CCO)C2)c(F)c1. The summed E-state index contributed by atoms with van der Waals surface area (Å²) in [6.07, 6.45) is 1.90. The molecule has 108 valence electrons. The summed E-state index contributed by atoms with van der Waals surface area (Å²) in [6.45, 7) is 2.48. The third-order valence-electron chi connectivity index (χ3n) is 3.67. The lowest BCUT2D eigenvalue weighted by molar-refractivity contribution is 0.248. The zero-order valence-electron chi connectivity index (χ0n) is 11.5. The molecule has 1 aromatic rings. The van der Waals surface area contributed by atoms with Crippen molar-refractivity contribution in [3.05, 3.63) is 35.1 Å². The van der Waals surface area contributed by atoms with Crippen molar-refractivity contribution in [3.63, 3.8) is 0 Å². The van der Waals surface area contributed by atoms with Crippen molar-refractivity contribution in [2.75, 3.05) is 26.3 Å². The van der Waals surface area contributed by atoms with Crippen molar-refractivity contribution in [3.8, 4) is 11.8 Å². The highest BCUT2D eigenvalue weighted by atomic mass is 19.1. The number of aliphatic hydroxyl groups is 2. The molecule has 0 aliphatic carbocycles. The fourth-order valence-corrected chi connectivity index (χ4v) is 2.61. The summed E-state index contributed by atoms with van der Waals surface area (Å²) in [4.78, 5) is 2.22. The Morgan fingerprint density at radius 2 is 2.20 bits per heavy atom. The molecule has 1 atom stereocenters. The summed E-state index contributed by atoms with van der Waals surface area (Å²) < 4.78 is 14.0. The van der Waals surface area contributed by atoms with E-state index in [0.29, 0.717) is 23.6 Å². The predicted molar refractivity (Wildman–Crippen MR) is 75.5 cm³/mol. The topological polar surface area (TPSA) is 43.7 Å². The second-order valence-corrected chi connectivity index (χ2v) is 5.17. The van der Waals surface area contributed by atoms with Gasteiger partial charge >= 0.3 is 0 Å². The van der Waals surface area contributed by atoms with Crippen molar-refractivity contribution < 1.29 is 14.6 Å². The molecule has 1 aliphatic heterocycles. The van der Waals surface area contributed by atoms with Crippen LogP contribution < -0.4 is 0 Å². The first-order valence-electron chi connectivity index (χ1n) is 6.94. The molecule has 2 N–H and O–H groups in total. The fraction of sp³-hybridized carbons (Fsp3) is 0.500. The van der Waals surface area contributed by atoms with Crippen LogP contribution in [0.25, 0.3) is 0 Å². The zero-order chi connectivity index (χ0) is 14.4. The van der Waals surface area contributed by atoms with Gasteiger partial charge in [0.2, 0.25) is 0 Å². The van der Waals surface area contributed by atoms with E-state index in [2.05, 4.69) is 16.7 Å². The number of hydrogen-bond acceptors (Lipinski definition) is 3. The number of likely N-dealkylation sites (tertiary alicyclic amines) is 1. The van der Waals surface area contributed by atoms with E-state index in [9.17, 15) is 4.39 Å². The van der Waals surface area contributed by atoms with Crippen molar-refractivity contribution in [1.82, 2.24) is 4.90 Å². The highest BCUT2D eigenvalue weighted by Gasteiger charge is 2.22. The lowest BCUT2D eigenvalue weighted by Crippen LogP contribution is -2.21. The van der Waals surface area contributed by atoms with Crippen LogP contribution in [0.3, 0.4) is 0 Å². The summed E-state index contributed by atoms with van der Waals surface area (Å²) in [5.74, 6) is 5.48. The molecule has 1 saturated heterocycles. The molecule has 1 heterocycles. The van der Waals surface area contributed by atoms with Crippen LogP contribution in [0.2, 0.25) is 0 Å². The molecular weight excluding hydrogens is 257 g/mol. The Morgan fingerprint density at radius 1 is 1.35 bits per heavy atom. The van der Waals surface area contributed by atoms with Crippen molar-refractivity contribution >= 4 is 0 Å². The van der Waals surface area contributed by atoms with Crippen molar-refractivity contribution in [1.29, 1.82) is 0 Å². The summed E-state index contributed by atoms with van der Waals surface area (Å²) in [5, 5.41) is 17.6. The average Bonchev–Trinajstić information content (AvgIpc) is 2.87. The molecule has 0 radical (unpaired) electrons. The second-order valence-electron chi connectivity index (χ2n) is 5.17. The van der Waals surface area contributed by atoms with Crippen LogP contribution in [0.4, 0.5) is 4.39 Å². The monoisotopic (exact) mass is 277 g/mol. The van der Waals surface area contributed by atoms with Crippen LogP contribution in [0.5, 0.6) is 0 Å². The average molecular weight is 277 g/mol. The molecular formula is C16H20FNO2. The Morgan fingerprint density at radius 3 is 2.90 bits per heavy atom. The van der Waals surface area contributed by atoms with Gasteiger partial charge in [0.05, 0.1) is 0 Å². The Hall–Kier alpha value is -1.41. The number of aliphatic hydroxyl groups excluding tert-OH is 2. The lowest BCUT2D eigenvalue weighted by atomic mass is 10.1. The molecule has 0 spiro atoms. The molecule has 20 heavy (non-hydrogen) atoms. The van der Waals surface area contributed by atoms with Crippen molar-refractivity contribution in [2.24, 2.45) is 5.92 Å². The van der Waals surface area contributed by atoms with Gasteiger partial charge in [-0.3, -0.25) is 4.90 Å². The van der Waals surface area contributed by atoms with Gasteiger partial charge in [-0.05, 0) is 37.4 Å². The van der Waals surface area contributed by atoms with Gasteiger partial charge in [-0.15, -0.1) is 0 Å². The summed E-state index contributed by atoms with van der Waals surface area (Å²) in [7, 11) is 0. The zero-order valence-corrected chi connectivity index (χ0v) is 11.5. The van der Waals surface area contributed by atoms with Crippen LogP contribution in [0, 0.1) is 23.6 Å².